The van der Waals surface area contributed by atoms with Gasteiger partial charge in [0, 0.05) is 47.3 Å². The number of hydrogen-bond donors (Lipinski definition) is 0. The third-order valence-corrected chi connectivity index (χ3v) is 7.39. The van der Waals surface area contributed by atoms with Crippen LogP contribution in [0.3, 0.4) is 0 Å². The van der Waals surface area contributed by atoms with E-state index in [2.05, 4.69) is 11.8 Å². The van der Waals surface area contributed by atoms with Gasteiger partial charge in [-0.2, -0.15) is 8.78 Å². The van der Waals surface area contributed by atoms with Gasteiger partial charge in [-0.1, -0.05) is 17.9 Å². The smallest absolute Gasteiger partial charge is 0.410 e. The number of rotatable bonds is 2. The van der Waals surface area contributed by atoms with Crippen LogP contribution in [0.25, 0.3) is 11.0 Å². The highest BCUT2D eigenvalue weighted by Gasteiger charge is 2.45. The molecule has 6 rings (SSSR count). The maximum Gasteiger partial charge on any atom is 0.410 e. The molecule has 1 fully saturated rings. The van der Waals surface area contributed by atoms with Gasteiger partial charge in [0.25, 0.3) is 5.91 Å². The molecule has 0 saturated carbocycles. The molecule has 2 atom stereocenters. The van der Waals surface area contributed by atoms with Crippen LogP contribution in [0.2, 0.25) is 0 Å². The number of ether oxygens (including phenoxy) is 2. The number of alkyl halides is 2. The van der Waals surface area contributed by atoms with E-state index in [0.717, 1.165) is 4.90 Å². The van der Waals surface area contributed by atoms with E-state index in [-0.39, 0.29) is 29.4 Å². The van der Waals surface area contributed by atoms with E-state index >= 15 is 0 Å². The lowest BCUT2D eigenvalue weighted by atomic mass is 9.83. The quantitative estimate of drug-likeness (QED) is 0.401. The standard InChI is InChI=1S/C30H30F2N4O4/c1-29(2,3)40-28(38)35-15-30(4,16-35)12-11-17-9-10-19-20(13-17)36-21-14-22(25(36)33-19)34(5)26(37)18-7-6-8-23(24(18)21)39-27(31)32/h6-10,13,21-22,27H,14-16H2,1-5H3/t21-,22-/m1/s1/i5D3. The van der Waals surface area contributed by atoms with Gasteiger partial charge in [0.15, 0.2) is 0 Å². The number of likely N-dealkylation sites (tertiary alicyclic amines) is 1. The van der Waals surface area contributed by atoms with Crippen LogP contribution in [0.4, 0.5) is 13.6 Å². The second kappa shape index (κ2) is 8.95. The molecule has 0 radical (unpaired) electrons. The van der Waals surface area contributed by atoms with Crippen molar-refractivity contribution in [3.8, 4) is 17.6 Å². The van der Waals surface area contributed by atoms with Crippen molar-refractivity contribution in [3.05, 3.63) is 58.9 Å². The first-order valence-electron chi connectivity index (χ1n) is 14.5. The molecule has 0 unspecified atom stereocenters. The number of halogens is 2. The van der Waals surface area contributed by atoms with Gasteiger partial charge >= 0.3 is 12.7 Å². The Morgan fingerprint density at radius 2 is 2.00 bits per heavy atom. The van der Waals surface area contributed by atoms with Crippen LogP contribution in [-0.2, 0) is 4.74 Å². The topological polar surface area (TPSA) is 76.9 Å². The Morgan fingerprint density at radius 1 is 1.23 bits per heavy atom. The summed E-state index contributed by atoms with van der Waals surface area (Å²) >= 11 is 0. The second-order valence-electron chi connectivity index (χ2n) is 11.7. The van der Waals surface area contributed by atoms with Crippen molar-refractivity contribution in [2.45, 2.75) is 58.4 Å². The predicted octanol–water partition coefficient (Wildman–Crippen LogP) is 5.37. The lowest BCUT2D eigenvalue weighted by molar-refractivity contribution is -0.0507. The van der Waals surface area contributed by atoms with Crippen LogP contribution >= 0.6 is 0 Å². The Kier molecular flexibility index (Phi) is 5.07. The summed E-state index contributed by atoms with van der Waals surface area (Å²) in [5, 5.41) is 0. The first-order chi connectivity index (χ1) is 20.0. The van der Waals surface area contributed by atoms with Crippen LogP contribution in [0.15, 0.2) is 36.4 Å². The summed E-state index contributed by atoms with van der Waals surface area (Å²) in [5.74, 6) is 5.83. The first kappa shape index (κ1) is 22.7. The average molecular weight is 552 g/mol. The van der Waals surface area contributed by atoms with Crippen LogP contribution in [0.1, 0.15) is 77.6 Å². The summed E-state index contributed by atoms with van der Waals surface area (Å²) < 4.78 is 63.3. The molecule has 2 bridgehead atoms. The van der Waals surface area contributed by atoms with E-state index in [9.17, 15) is 18.4 Å². The van der Waals surface area contributed by atoms with Gasteiger partial charge in [0.1, 0.15) is 17.2 Å². The zero-order valence-corrected chi connectivity index (χ0v) is 22.5. The molecule has 3 aliphatic heterocycles. The van der Waals surface area contributed by atoms with Crippen molar-refractivity contribution in [2.24, 2.45) is 5.41 Å². The zero-order valence-electron chi connectivity index (χ0n) is 25.5. The molecule has 3 aliphatic rings. The highest BCUT2D eigenvalue weighted by molar-refractivity contribution is 5.97. The van der Waals surface area contributed by atoms with Crippen molar-refractivity contribution in [1.82, 2.24) is 19.4 Å². The predicted molar refractivity (Wildman–Crippen MR) is 143 cm³/mol. The summed E-state index contributed by atoms with van der Waals surface area (Å²) in [5.41, 5.74) is 1.01. The minimum Gasteiger partial charge on any atom is -0.444 e. The van der Waals surface area contributed by atoms with Gasteiger partial charge in [-0.25, -0.2) is 9.78 Å². The van der Waals surface area contributed by atoms with Gasteiger partial charge in [-0.3, -0.25) is 4.79 Å². The van der Waals surface area contributed by atoms with E-state index < -0.39 is 42.6 Å². The molecule has 0 aliphatic carbocycles. The van der Waals surface area contributed by atoms with Crippen LogP contribution in [0.5, 0.6) is 5.75 Å². The van der Waals surface area contributed by atoms with E-state index in [1.165, 1.54) is 18.2 Å². The van der Waals surface area contributed by atoms with Crippen molar-refractivity contribution < 1.29 is 32.0 Å². The van der Waals surface area contributed by atoms with E-state index in [4.69, 9.17) is 18.6 Å². The first-order valence-corrected chi connectivity index (χ1v) is 13.0. The molecule has 0 spiro atoms. The number of carbonyl (C=O) groups excluding carboxylic acids is 2. The summed E-state index contributed by atoms with van der Waals surface area (Å²) in [4.78, 5) is 33.0. The monoisotopic (exact) mass is 551 g/mol. The fourth-order valence-corrected chi connectivity index (χ4v) is 5.74. The average Bonchev–Trinajstić information content (AvgIpc) is 3.36. The summed E-state index contributed by atoms with van der Waals surface area (Å²) in [7, 11) is 0. The highest BCUT2D eigenvalue weighted by atomic mass is 19.3. The minimum absolute atomic E-state index is 0.00216. The Hall–Kier alpha value is -4.13. The van der Waals surface area contributed by atoms with Crippen molar-refractivity contribution in [2.75, 3.05) is 20.1 Å². The largest absolute Gasteiger partial charge is 0.444 e. The molecule has 2 amide bonds. The number of benzene rings is 2. The van der Waals surface area contributed by atoms with Gasteiger partial charge in [0.2, 0.25) is 0 Å². The van der Waals surface area contributed by atoms with E-state index in [1.54, 1.807) is 17.0 Å². The zero-order chi connectivity index (χ0) is 31.1. The number of nitrogens with zero attached hydrogens (tertiary/aromatic N) is 4. The van der Waals surface area contributed by atoms with Crippen molar-refractivity contribution >= 4 is 23.0 Å². The molecule has 3 aromatic rings. The highest BCUT2D eigenvalue weighted by Crippen LogP contribution is 2.50. The third kappa shape index (κ3) is 4.34. The number of carbonyl (C=O) groups is 2. The summed E-state index contributed by atoms with van der Waals surface area (Å²) in [6, 6.07) is 7.97. The van der Waals surface area contributed by atoms with E-state index in [1.807, 2.05) is 38.3 Å². The Balaban J connectivity index is 1.39. The summed E-state index contributed by atoms with van der Waals surface area (Å²) in [6.07, 6.45) is -0.252. The van der Waals surface area contributed by atoms with Gasteiger partial charge in [0.05, 0.1) is 28.5 Å². The Morgan fingerprint density at radius 3 is 2.70 bits per heavy atom. The normalized spacial score (nSPS) is 22.3. The maximum absolute atomic E-state index is 13.6. The molecular weight excluding hydrogens is 518 g/mol. The molecule has 40 heavy (non-hydrogen) atoms. The van der Waals surface area contributed by atoms with Gasteiger partial charge in [-0.05, 0) is 58.0 Å². The van der Waals surface area contributed by atoms with Gasteiger partial charge < -0.3 is 23.8 Å². The molecule has 208 valence electrons. The summed E-state index contributed by atoms with van der Waals surface area (Å²) in [6.45, 7) is 2.30. The number of amides is 2. The van der Waals surface area contributed by atoms with E-state index in [0.29, 0.717) is 35.5 Å². The Labute approximate surface area is 235 Å². The lowest BCUT2D eigenvalue weighted by Crippen LogP contribution is -2.57. The Bertz CT molecular complexity index is 1710. The number of hydrogen-bond acceptors (Lipinski definition) is 5. The van der Waals surface area contributed by atoms with Crippen molar-refractivity contribution in [3.63, 3.8) is 0 Å². The molecular formula is C30H30F2N4O4. The molecule has 1 aromatic heterocycles. The third-order valence-electron chi connectivity index (χ3n) is 7.39. The molecule has 10 heteroatoms. The maximum atomic E-state index is 13.6. The molecule has 2 aromatic carbocycles. The molecule has 4 heterocycles. The molecule has 1 saturated heterocycles. The minimum atomic E-state index is -3.14. The van der Waals surface area contributed by atoms with Gasteiger partial charge in [-0.15, -0.1) is 0 Å². The number of fused-ring (bicyclic) bond motifs is 9. The van der Waals surface area contributed by atoms with Crippen molar-refractivity contribution in [1.29, 1.82) is 0 Å². The fourth-order valence-electron chi connectivity index (χ4n) is 5.74. The second-order valence-corrected chi connectivity index (χ2v) is 11.7. The number of imidazole rings is 1. The fraction of sp³-hybridized carbons (Fsp3) is 0.433. The SMILES string of the molecule is [2H]C([2H])([2H])N1C(=O)c2cccc(OC(F)F)c2[C@H]2C[C@@H]1c1nc3ccc(C#CC4(C)CN(C(=O)OC(C)(C)C)C4)cc3n12. The lowest BCUT2D eigenvalue weighted by Gasteiger charge is -2.44. The van der Waals surface area contributed by atoms with Crippen LogP contribution < -0.4 is 4.74 Å². The molecule has 0 N–H and O–H groups in total. The van der Waals surface area contributed by atoms with Crippen LogP contribution in [-0.4, -0.2) is 63.6 Å². The number of aromatic nitrogens is 2. The van der Waals surface area contributed by atoms with Crippen LogP contribution in [0, 0.1) is 17.3 Å². The molecule has 8 nitrogen and oxygen atoms in total.